The monoisotopic (exact) mass is 640 g/mol. The number of alkyl halides is 4. The summed E-state index contributed by atoms with van der Waals surface area (Å²) in [6.45, 7) is 5.69. The Morgan fingerprint density at radius 2 is 1.80 bits per heavy atom. The predicted octanol–water partition coefficient (Wildman–Crippen LogP) is 7.12. The number of amides is 3. The van der Waals surface area contributed by atoms with E-state index in [1.165, 1.54) is 40.2 Å². The smallest absolute Gasteiger partial charge is 0.406 e. The number of aliphatic imine (C=N–C) groups is 1. The number of aryl methyl sites for hydroxylation is 1. The van der Waals surface area contributed by atoms with Crippen molar-refractivity contribution in [2.24, 2.45) is 4.99 Å². The number of aromatic nitrogens is 3. The minimum absolute atomic E-state index is 0.141. The van der Waals surface area contributed by atoms with Crippen LogP contribution in [0.5, 0.6) is 5.75 Å². The molecule has 3 aromatic carbocycles. The van der Waals surface area contributed by atoms with Crippen LogP contribution < -0.4 is 15.0 Å². The number of halogens is 4. The number of anilines is 1. The first-order valence-corrected chi connectivity index (χ1v) is 14.8. The minimum atomic E-state index is -4.79. The lowest BCUT2D eigenvalue weighted by Crippen LogP contribution is -2.33. The standard InChI is InChI=1S/C31H28F4N6O3S/c1-18(2)27-19(3)5-4-6-25(27)41-26(42)16-45-30(41)38-29(43)36-15-24(32)20-7-9-21(10-8-20)28-37-17-40(39-28)22-11-13-23(14-12-22)44-31(33,34)35/h4-14,17-18,24H,15-16H2,1-3H3,(H,36,43)/b38-30-. The van der Waals surface area contributed by atoms with Gasteiger partial charge in [0.05, 0.1) is 23.7 Å². The molecule has 3 amide bonds. The highest BCUT2D eigenvalue weighted by Gasteiger charge is 2.33. The van der Waals surface area contributed by atoms with Crippen molar-refractivity contribution in [2.75, 3.05) is 17.2 Å². The fraction of sp³-hybridized carbons (Fsp3) is 0.258. The third kappa shape index (κ3) is 7.51. The molecule has 1 atom stereocenters. The summed E-state index contributed by atoms with van der Waals surface area (Å²) in [4.78, 5) is 35.1. The molecule has 14 heteroatoms. The van der Waals surface area contributed by atoms with E-state index in [4.69, 9.17) is 0 Å². The van der Waals surface area contributed by atoms with E-state index in [1.54, 1.807) is 24.3 Å². The topological polar surface area (TPSA) is 102 Å². The second kappa shape index (κ2) is 13.1. The van der Waals surface area contributed by atoms with Gasteiger partial charge in [-0.25, -0.2) is 18.9 Å². The summed E-state index contributed by atoms with van der Waals surface area (Å²) in [6.07, 6.45) is -4.92. The van der Waals surface area contributed by atoms with Crippen molar-refractivity contribution in [2.45, 2.75) is 39.2 Å². The van der Waals surface area contributed by atoms with Gasteiger partial charge >= 0.3 is 12.4 Å². The molecule has 1 fully saturated rings. The number of rotatable bonds is 8. The van der Waals surface area contributed by atoms with Crippen LogP contribution in [-0.2, 0) is 4.79 Å². The number of urea groups is 1. The van der Waals surface area contributed by atoms with E-state index in [-0.39, 0.29) is 35.0 Å². The summed E-state index contributed by atoms with van der Waals surface area (Å²) in [7, 11) is 0. The summed E-state index contributed by atoms with van der Waals surface area (Å²) in [5.74, 6) is 0.0617. The molecule has 2 heterocycles. The number of thioether (sulfide) groups is 1. The van der Waals surface area contributed by atoms with Gasteiger partial charge in [-0.05, 0) is 59.9 Å². The van der Waals surface area contributed by atoms with Gasteiger partial charge in [-0.3, -0.25) is 9.69 Å². The van der Waals surface area contributed by atoms with Gasteiger partial charge in [0.25, 0.3) is 0 Å². The number of carbonyl (C=O) groups is 2. The van der Waals surface area contributed by atoms with Crippen molar-refractivity contribution in [3.8, 4) is 22.8 Å². The van der Waals surface area contributed by atoms with Crippen molar-refractivity contribution < 1.29 is 31.9 Å². The summed E-state index contributed by atoms with van der Waals surface area (Å²) >= 11 is 1.15. The highest BCUT2D eigenvalue weighted by atomic mass is 32.2. The number of benzene rings is 3. The highest BCUT2D eigenvalue weighted by molar-refractivity contribution is 8.15. The fourth-order valence-electron chi connectivity index (χ4n) is 4.88. The van der Waals surface area contributed by atoms with Crippen molar-refractivity contribution in [1.82, 2.24) is 20.1 Å². The molecule has 0 radical (unpaired) electrons. The Balaban J connectivity index is 1.20. The normalized spacial score (nSPS) is 15.2. The lowest BCUT2D eigenvalue weighted by atomic mass is 9.95. The van der Waals surface area contributed by atoms with Gasteiger partial charge in [0.1, 0.15) is 18.2 Å². The predicted molar refractivity (Wildman–Crippen MR) is 163 cm³/mol. The molecule has 234 valence electrons. The maximum Gasteiger partial charge on any atom is 0.573 e. The Labute approximate surface area is 260 Å². The van der Waals surface area contributed by atoms with E-state index in [0.717, 1.165) is 22.9 Å². The van der Waals surface area contributed by atoms with Crippen LogP contribution in [0.25, 0.3) is 17.1 Å². The Kier molecular flexibility index (Phi) is 9.23. The van der Waals surface area contributed by atoms with E-state index in [0.29, 0.717) is 28.3 Å². The molecule has 1 saturated heterocycles. The zero-order valence-corrected chi connectivity index (χ0v) is 25.2. The quantitative estimate of drug-likeness (QED) is 0.206. The number of nitrogens with zero attached hydrogens (tertiary/aromatic N) is 5. The van der Waals surface area contributed by atoms with Gasteiger partial charge in [-0.15, -0.1) is 18.3 Å². The van der Waals surface area contributed by atoms with Gasteiger partial charge < -0.3 is 10.1 Å². The largest absolute Gasteiger partial charge is 0.573 e. The first-order valence-electron chi connectivity index (χ1n) is 13.8. The molecule has 0 aliphatic carbocycles. The van der Waals surface area contributed by atoms with Gasteiger partial charge in [0, 0.05) is 5.56 Å². The first-order chi connectivity index (χ1) is 21.4. The van der Waals surface area contributed by atoms with Gasteiger partial charge in [0.15, 0.2) is 11.0 Å². The average Bonchev–Trinajstić information content (AvgIpc) is 3.62. The molecule has 1 aliphatic heterocycles. The number of hydrogen-bond donors (Lipinski definition) is 1. The average molecular weight is 641 g/mol. The molecule has 0 saturated carbocycles. The molecular weight excluding hydrogens is 612 g/mol. The summed E-state index contributed by atoms with van der Waals surface area (Å²) in [5, 5.41) is 7.05. The van der Waals surface area contributed by atoms with Crippen LogP contribution in [0.1, 0.15) is 42.6 Å². The molecule has 0 bridgehead atoms. The Hall–Kier alpha value is -4.72. The van der Waals surface area contributed by atoms with E-state index < -0.39 is 18.6 Å². The lowest BCUT2D eigenvalue weighted by molar-refractivity contribution is -0.274. The number of carbonyl (C=O) groups excluding carboxylic acids is 2. The zero-order chi connectivity index (χ0) is 32.3. The molecule has 5 rings (SSSR count). The Morgan fingerprint density at radius 3 is 2.47 bits per heavy atom. The van der Waals surface area contributed by atoms with Crippen LogP contribution in [-0.4, -0.2) is 50.5 Å². The number of hydrogen-bond acceptors (Lipinski definition) is 6. The van der Waals surface area contributed by atoms with Crippen LogP contribution in [0.3, 0.4) is 0 Å². The van der Waals surface area contributed by atoms with Crippen LogP contribution in [0, 0.1) is 6.92 Å². The van der Waals surface area contributed by atoms with Crippen molar-refractivity contribution in [3.05, 3.63) is 89.7 Å². The number of nitrogens with one attached hydrogen (secondary N) is 1. The van der Waals surface area contributed by atoms with Crippen molar-refractivity contribution in [3.63, 3.8) is 0 Å². The molecular formula is C31H28F4N6O3S. The van der Waals surface area contributed by atoms with Gasteiger partial charge in [-0.1, -0.05) is 62.0 Å². The number of ether oxygens (including phenoxy) is 1. The summed E-state index contributed by atoms with van der Waals surface area (Å²) < 4.78 is 57.5. The molecule has 4 aromatic rings. The maximum absolute atomic E-state index is 15.0. The Bertz CT molecular complexity index is 1720. The second-order valence-electron chi connectivity index (χ2n) is 10.4. The van der Waals surface area contributed by atoms with E-state index in [9.17, 15) is 22.8 Å². The summed E-state index contributed by atoms with van der Waals surface area (Å²) in [6, 6.07) is 16.4. The third-order valence-corrected chi connectivity index (χ3v) is 7.80. The van der Waals surface area contributed by atoms with E-state index >= 15 is 4.39 Å². The van der Waals surface area contributed by atoms with E-state index in [1.807, 2.05) is 39.0 Å². The van der Waals surface area contributed by atoms with Crippen LogP contribution in [0.2, 0.25) is 0 Å². The van der Waals surface area contributed by atoms with Crippen molar-refractivity contribution >= 4 is 34.6 Å². The molecule has 45 heavy (non-hydrogen) atoms. The zero-order valence-electron chi connectivity index (χ0n) is 24.4. The molecule has 0 spiro atoms. The first kappa shape index (κ1) is 31.7. The van der Waals surface area contributed by atoms with Crippen molar-refractivity contribution in [1.29, 1.82) is 0 Å². The fourth-order valence-corrected chi connectivity index (χ4v) is 5.73. The number of amidine groups is 1. The second-order valence-corrected chi connectivity index (χ2v) is 11.3. The van der Waals surface area contributed by atoms with Crippen LogP contribution in [0.15, 0.2) is 78.0 Å². The maximum atomic E-state index is 15.0. The molecule has 1 aliphatic rings. The molecule has 1 N–H and O–H groups in total. The molecule has 9 nitrogen and oxygen atoms in total. The third-order valence-electron chi connectivity index (χ3n) is 6.87. The van der Waals surface area contributed by atoms with E-state index in [2.05, 4.69) is 25.1 Å². The van der Waals surface area contributed by atoms with Crippen LogP contribution in [0.4, 0.5) is 28.0 Å². The van der Waals surface area contributed by atoms with Gasteiger partial charge in [0.2, 0.25) is 5.91 Å². The highest BCUT2D eigenvalue weighted by Crippen LogP contribution is 2.35. The molecule has 1 aromatic heterocycles. The van der Waals surface area contributed by atoms with Crippen LogP contribution >= 0.6 is 11.8 Å². The minimum Gasteiger partial charge on any atom is -0.406 e. The SMILES string of the molecule is Cc1cccc(N2C(=O)CS/C2=N\C(=O)NCC(F)c2ccc(-c3ncn(-c4ccc(OC(F)(F)F)cc4)n3)cc2)c1C(C)C. The lowest BCUT2D eigenvalue weighted by Gasteiger charge is -2.23. The van der Waals surface area contributed by atoms with Gasteiger partial charge in [-0.2, -0.15) is 4.99 Å². The molecule has 1 unspecified atom stereocenters. The summed E-state index contributed by atoms with van der Waals surface area (Å²) in [5.41, 5.74) is 4.05. The Morgan fingerprint density at radius 1 is 1.09 bits per heavy atom.